The topological polar surface area (TPSA) is 56.4 Å². The van der Waals surface area contributed by atoms with Crippen molar-refractivity contribution in [3.05, 3.63) is 46.2 Å². The lowest BCUT2D eigenvalue weighted by atomic mass is 10.3. The van der Waals surface area contributed by atoms with Gasteiger partial charge in [0.05, 0.1) is 36.9 Å². The number of nitrogens with zero attached hydrogens (tertiary/aromatic N) is 1. The second kappa shape index (κ2) is 7.85. The lowest BCUT2D eigenvalue weighted by Crippen LogP contribution is -2.00. The zero-order chi connectivity index (χ0) is 17.8. The van der Waals surface area contributed by atoms with E-state index in [-0.39, 0.29) is 0 Å². The first-order valence-electron chi connectivity index (χ1n) is 7.79. The maximum Gasteiger partial charge on any atom is 0.163 e. The number of H-pyrrole nitrogens is 1. The van der Waals surface area contributed by atoms with Gasteiger partial charge in [0.15, 0.2) is 11.5 Å². The standard InChI is InChI=1S/C18H18Cl2N2O3/c1-23-16-9-13-14(10-17(16)24-2)22-18(21-13)4-3-7-25-15-6-5-11(19)8-12(15)20/h5-6,8-10H,3-4,7H2,1-2H3,(H,21,22). The third-order valence-corrected chi connectivity index (χ3v) is 4.28. The molecule has 0 aliphatic heterocycles. The normalized spacial score (nSPS) is 10.9. The van der Waals surface area contributed by atoms with Crippen molar-refractivity contribution in [3.8, 4) is 17.2 Å². The van der Waals surface area contributed by atoms with Gasteiger partial charge in [0.2, 0.25) is 0 Å². The summed E-state index contributed by atoms with van der Waals surface area (Å²) in [5.41, 5.74) is 1.75. The van der Waals surface area contributed by atoms with Crippen molar-refractivity contribution in [2.75, 3.05) is 20.8 Å². The number of methoxy groups -OCH3 is 2. The van der Waals surface area contributed by atoms with Crippen molar-refractivity contribution in [3.63, 3.8) is 0 Å². The molecule has 25 heavy (non-hydrogen) atoms. The Kier molecular flexibility index (Phi) is 5.56. The highest BCUT2D eigenvalue weighted by Crippen LogP contribution is 2.31. The molecule has 2 aromatic carbocycles. The molecule has 0 saturated heterocycles. The van der Waals surface area contributed by atoms with Crippen molar-refractivity contribution in [1.29, 1.82) is 0 Å². The molecule has 3 aromatic rings. The summed E-state index contributed by atoms with van der Waals surface area (Å²) >= 11 is 12.0. The number of fused-ring (bicyclic) bond motifs is 1. The molecule has 0 unspecified atom stereocenters. The fraction of sp³-hybridized carbons (Fsp3) is 0.278. The first-order chi connectivity index (χ1) is 12.1. The minimum atomic E-state index is 0.510. The van der Waals surface area contributed by atoms with E-state index in [0.717, 1.165) is 29.7 Å². The molecule has 0 saturated carbocycles. The van der Waals surface area contributed by atoms with Crippen molar-refractivity contribution in [2.45, 2.75) is 12.8 Å². The monoisotopic (exact) mass is 380 g/mol. The van der Waals surface area contributed by atoms with E-state index in [2.05, 4.69) is 9.97 Å². The van der Waals surface area contributed by atoms with Gasteiger partial charge in [-0.25, -0.2) is 4.98 Å². The van der Waals surface area contributed by atoms with Crippen molar-refractivity contribution in [1.82, 2.24) is 9.97 Å². The zero-order valence-corrected chi connectivity index (χ0v) is 15.4. The van der Waals surface area contributed by atoms with Crippen molar-refractivity contribution in [2.24, 2.45) is 0 Å². The number of benzene rings is 2. The molecule has 5 nitrogen and oxygen atoms in total. The number of aromatic amines is 1. The van der Waals surface area contributed by atoms with Crippen LogP contribution in [-0.4, -0.2) is 30.8 Å². The van der Waals surface area contributed by atoms with Crippen LogP contribution in [0.15, 0.2) is 30.3 Å². The first kappa shape index (κ1) is 17.7. The van der Waals surface area contributed by atoms with Crippen LogP contribution in [0.25, 0.3) is 11.0 Å². The summed E-state index contributed by atoms with van der Waals surface area (Å²) in [4.78, 5) is 7.87. The number of nitrogens with one attached hydrogen (secondary N) is 1. The fourth-order valence-corrected chi connectivity index (χ4v) is 2.99. The highest BCUT2D eigenvalue weighted by Gasteiger charge is 2.10. The number of imidazole rings is 1. The fourth-order valence-electron chi connectivity index (χ4n) is 2.52. The second-order valence-electron chi connectivity index (χ2n) is 5.43. The van der Waals surface area contributed by atoms with Crippen molar-refractivity contribution < 1.29 is 14.2 Å². The maximum absolute atomic E-state index is 6.08. The van der Waals surface area contributed by atoms with Gasteiger partial charge < -0.3 is 19.2 Å². The van der Waals surface area contributed by atoms with Crippen LogP contribution in [-0.2, 0) is 6.42 Å². The highest BCUT2D eigenvalue weighted by atomic mass is 35.5. The molecule has 0 spiro atoms. The molecule has 1 N–H and O–H groups in total. The molecule has 0 fully saturated rings. The molecular weight excluding hydrogens is 363 g/mol. The molecule has 0 atom stereocenters. The van der Waals surface area contributed by atoms with Crippen LogP contribution in [0.4, 0.5) is 0 Å². The third kappa shape index (κ3) is 4.11. The lowest BCUT2D eigenvalue weighted by molar-refractivity contribution is 0.310. The summed E-state index contributed by atoms with van der Waals surface area (Å²) in [5, 5.41) is 1.10. The molecule has 0 amide bonds. The Morgan fingerprint density at radius 3 is 2.48 bits per heavy atom. The Balaban J connectivity index is 1.61. The summed E-state index contributed by atoms with van der Waals surface area (Å²) in [5.74, 6) is 2.85. The van der Waals surface area contributed by atoms with E-state index in [4.69, 9.17) is 37.4 Å². The summed E-state index contributed by atoms with van der Waals surface area (Å²) in [6.45, 7) is 0.533. The molecule has 0 bridgehead atoms. The molecule has 1 heterocycles. The van der Waals surface area contributed by atoms with Gasteiger partial charge in [0, 0.05) is 23.6 Å². The lowest BCUT2D eigenvalue weighted by Gasteiger charge is -2.07. The summed E-state index contributed by atoms with van der Waals surface area (Å²) in [6.07, 6.45) is 1.55. The minimum absolute atomic E-state index is 0.510. The number of aryl methyl sites for hydroxylation is 1. The van der Waals surface area contributed by atoms with E-state index in [0.29, 0.717) is 33.9 Å². The maximum atomic E-state index is 6.08. The summed E-state index contributed by atoms with van der Waals surface area (Å²) in [7, 11) is 3.22. The molecule has 1 aromatic heterocycles. The Bertz CT molecular complexity index is 839. The van der Waals surface area contributed by atoms with E-state index in [9.17, 15) is 0 Å². The van der Waals surface area contributed by atoms with Gasteiger partial charge in [0.1, 0.15) is 11.6 Å². The van der Waals surface area contributed by atoms with Gasteiger partial charge in [-0.2, -0.15) is 0 Å². The number of aromatic nitrogens is 2. The largest absolute Gasteiger partial charge is 0.493 e. The van der Waals surface area contributed by atoms with Gasteiger partial charge in [-0.1, -0.05) is 23.2 Å². The molecule has 0 aliphatic carbocycles. The quantitative estimate of drug-likeness (QED) is 0.592. The number of ether oxygens (including phenoxy) is 3. The van der Waals surface area contributed by atoms with Crippen LogP contribution in [0.5, 0.6) is 17.2 Å². The number of rotatable bonds is 7. The van der Waals surface area contributed by atoms with E-state index in [1.54, 1.807) is 32.4 Å². The van der Waals surface area contributed by atoms with Crippen LogP contribution in [0.2, 0.25) is 10.0 Å². The molecule has 132 valence electrons. The van der Waals surface area contributed by atoms with Crippen LogP contribution in [0.3, 0.4) is 0 Å². The van der Waals surface area contributed by atoms with Crippen LogP contribution >= 0.6 is 23.2 Å². The average molecular weight is 381 g/mol. The zero-order valence-electron chi connectivity index (χ0n) is 13.9. The van der Waals surface area contributed by atoms with E-state index in [1.807, 2.05) is 12.1 Å². The highest BCUT2D eigenvalue weighted by molar-refractivity contribution is 6.35. The van der Waals surface area contributed by atoms with Gasteiger partial charge in [-0.3, -0.25) is 0 Å². The minimum Gasteiger partial charge on any atom is -0.493 e. The van der Waals surface area contributed by atoms with Gasteiger partial charge in [0.25, 0.3) is 0 Å². The number of hydrogen-bond acceptors (Lipinski definition) is 4. The molecule has 3 rings (SSSR count). The Morgan fingerprint density at radius 1 is 1.00 bits per heavy atom. The Morgan fingerprint density at radius 2 is 1.76 bits per heavy atom. The first-order valence-corrected chi connectivity index (χ1v) is 8.54. The SMILES string of the molecule is COc1cc2nc(CCCOc3ccc(Cl)cc3Cl)[nH]c2cc1OC. The van der Waals surface area contributed by atoms with Crippen molar-refractivity contribution >= 4 is 34.2 Å². The van der Waals surface area contributed by atoms with E-state index < -0.39 is 0 Å². The summed E-state index contributed by atoms with van der Waals surface area (Å²) < 4.78 is 16.3. The van der Waals surface area contributed by atoms with Crippen LogP contribution in [0, 0.1) is 0 Å². The van der Waals surface area contributed by atoms with Gasteiger partial charge in [-0.05, 0) is 24.6 Å². The average Bonchev–Trinajstić information content (AvgIpc) is 3.00. The van der Waals surface area contributed by atoms with Crippen LogP contribution in [0.1, 0.15) is 12.2 Å². The second-order valence-corrected chi connectivity index (χ2v) is 6.28. The van der Waals surface area contributed by atoms with Gasteiger partial charge >= 0.3 is 0 Å². The van der Waals surface area contributed by atoms with Gasteiger partial charge in [-0.15, -0.1) is 0 Å². The predicted molar refractivity (Wildman–Crippen MR) is 99.5 cm³/mol. The predicted octanol–water partition coefficient (Wildman–Crippen LogP) is 4.90. The summed E-state index contributed by atoms with van der Waals surface area (Å²) in [6, 6.07) is 8.93. The number of hydrogen-bond donors (Lipinski definition) is 1. The van der Waals surface area contributed by atoms with Crippen LogP contribution < -0.4 is 14.2 Å². The molecule has 0 aliphatic rings. The molecular formula is C18H18Cl2N2O3. The molecule has 0 radical (unpaired) electrons. The third-order valence-electron chi connectivity index (χ3n) is 3.75. The Labute approximate surface area is 155 Å². The van der Waals surface area contributed by atoms with E-state index in [1.165, 1.54) is 0 Å². The smallest absolute Gasteiger partial charge is 0.163 e. The Hall–Kier alpha value is -2.11. The number of halogens is 2. The molecule has 7 heteroatoms. The van der Waals surface area contributed by atoms with E-state index >= 15 is 0 Å².